The highest BCUT2D eigenvalue weighted by atomic mass is 32.2. The van der Waals surface area contributed by atoms with Gasteiger partial charge in [0.05, 0.1) is 6.26 Å². The molecule has 112 valence electrons. The van der Waals surface area contributed by atoms with E-state index in [1.165, 1.54) is 0 Å². The summed E-state index contributed by atoms with van der Waals surface area (Å²) in [5.74, 6) is -1.12. The minimum Gasteiger partial charge on any atom is -0.480 e. The van der Waals surface area contributed by atoms with Crippen molar-refractivity contribution in [2.24, 2.45) is 0 Å². The summed E-state index contributed by atoms with van der Waals surface area (Å²) >= 11 is 0. The van der Waals surface area contributed by atoms with Crippen molar-refractivity contribution in [3.05, 3.63) is 0 Å². The first-order valence-electron chi connectivity index (χ1n) is 5.73. The molecule has 0 saturated heterocycles. The van der Waals surface area contributed by atoms with Gasteiger partial charge in [-0.25, -0.2) is 22.7 Å². The van der Waals surface area contributed by atoms with E-state index in [-0.39, 0.29) is 13.0 Å². The van der Waals surface area contributed by atoms with Crippen molar-refractivity contribution in [3.63, 3.8) is 0 Å². The topological polar surface area (TPSA) is 125 Å². The minimum absolute atomic E-state index is 0.0297. The lowest BCUT2D eigenvalue weighted by Crippen LogP contribution is -2.54. The van der Waals surface area contributed by atoms with Gasteiger partial charge in [0.1, 0.15) is 6.04 Å². The van der Waals surface area contributed by atoms with Gasteiger partial charge in [-0.3, -0.25) is 0 Å². The van der Waals surface area contributed by atoms with E-state index < -0.39 is 33.6 Å². The van der Waals surface area contributed by atoms with E-state index >= 15 is 0 Å². The van der Waals surface area contributed by atoms with E-state index in [0.717, 1.165) is 6.26 Å². The number of aliphatic carboxylic acids is 1. The summed E-state index contributed by atoms with van der Waals surface area (Å²) in [6, 6.07) is -1.62. The molecule has 0 rings (SSSR count). The third kappa shape index (κ3) is 8.38. The highest BCUT2D eigenvalue weighted by molar-refractivity contribution is 7.88. The Hall–Kier alpha value is -1.35. The highest BCUT2D eigenvalue weighted by Gasteiger charge is 2.24. The molecule has 0 aromatic rings. The fraction of sp³-hybridized carbons (Fsp3) is 0.800. The largest absolute Gasteiger partial charge is 0.480 e. The number of carbonyl (C=O) groups excluding carboxylic acids is 1. The maximum absolute atomic E-state index is 11.5. The van der Waals surface area contributed by atoms with E-state index in [2.05, 4.69) is 15.4 Å². The number of urea groups is 1. The number of rotatable bonds is 7. The number of hydrogen-bond donors (Lipinski definition) is 4. The fourth-order valence-electron chi connectivity index (χ4n) is 1.39. The number of carbonyl (C=O) groups is 2. The van der Waals surface area contributed by atoms with Crippen LogP contribution in [0.15, 0.2) is 0 Å². The van der Waals surface area contributed by atoms with E-state index in [9.17, 15) is 18.0 Å². The molecule has 0 aliphatic heterocycles. The van der Waals surface area contributed by atoms with Crippen molar-refractivity contribution in [2.75, 3.05) is 12.8 Å². The summed E-state index contributed by atoms with van der Waals surface area (Å²) in [5, 5.41) is 13.5. The fourth-order valence-corrected chi connectivity index (χ4v) is 2.46. The Morgan fingerprint density at radius 3 is 2.21 bits per heavy atom. The monoisotopic (exact) mass is 295 g/mol. The standard InChI is InChI=1S/C10H21N3O5S/c1-5-7(8(14)15)12-9(16)11-6-10(2,3)13-19(4,17)18/h7,13H,5-6H2,1-4H3,(H,14,15)(H2,11,12,16). The van der Waals surface area contributed by atoms with Gasteiger partial charge in [-0.05, 0) is 20.3 Å². The van der Waals surface area contributed by atoms with Crippen molar-refractivity contribution >= 4 is 22.0 Å². The minimum atomic E-state index is -3.39. The Bertz CT molecular complexity index is 432. The van der Waals surface area contributed by atoms with Gasteiger partial charge in [-0.1, -0.05) is 6.92 Å². The van der Waals surface area contributed by atoms with Crippen LogP contribution in [-0.4, -0.2) is 49.9 Å². The van der Waals surface area contributed by atoms with Gasteiger partial charge < -0.3 is 15.7 Å². The van der Waals surface area contributed by atoms with Crippen LogP contribution in [-0.2, 0) is 14.8 Å². The lowest BCUT2D eigenvalue weighted by Gasteiger charge is -2.25. The normalized spacial score (nSPS) is 13.7. The lowest BCUT2D eigenvalue weighted by molar-refractivity contribution is -0.139. The number of carboxylic acid groups (broad SMARTS) is 1. The van der Waals surface area contributed by atoms with Gasteiger partial charge in [0, 0.05) is 12.1 Å². The molecule has 0 aliphatic rings. The molecule has 0 radical (unpaired) electrons. The molecule has 0 spiro atoms. The van der Waals surface area contributed by atoms with Gasteiger partial charge in [0.25, 0.3) is 0 Å². The zero-order chi connectivity index (χ0) is 15.3. The number of hydrogen-bond acceptors (Lipinski definition) is 4. The van der Waals surface area contributed by atoms with Crippen LogP contribution < -0.4 is 15.4 Å². The number of sulfonamides is 1. The maximum atomic E-state index is 11.5. The molecule has 9 heteroatoms. The molecular weight excluding hydrogens is 274 g/mol. The van der Waals surface area contributed by atoms with Crippen molar-refractivity contribution in [1.82, 2.24) is 15.4 Å². The lowest BCUT2D eigenvalue weighted by atomic mass is 10.1. The van der Waals surface area contributed by atoms with Gasteiger partial charge in [-0.15, -0.1) is 0 Å². The van der Waals surface area contributed by atoms with E-state index in [1.807, 2.05) is 0 Å². The first kappa shape index (κ1) is 17.6. The second-order valence-corrected chi connectivity index (χ2v) is 6.63. The molecule has 0 bridgehead atoms. The molecule has 0 heterocycles. The Kier molecular flexibility index (Phi) is 6.23. The predicted molar refractivity (Wildman–Crippen MR) is 70.3 cm³/mol. The summed E-state index contributed by atoms with van der Waals surface area (Å²) in [7, 11) is -3.39. The average molecular weight is 295 g/mol. The molecule has 0 saturated carbocycles. The molecule has 0 aliphatic carbocycles. The summed E-state index contributed by atoms with van der Waals surface area (Å²) in [4.78, 5) is 22.2. The van der Waals surface area contributed by atoms with Crippen molar-refractivity contribution < 1.29 is 23.1 Å². The Balaban J connectivity index is 4.33. The quantitative estimate of drug-likeness (QED) is 0.503. The van der Waals surface area contributed by atoms with Crippen LogP contribution in [0.25, 0.3) is 0 Å². The molecule has 19 heavy (non-hydrogen) atoms. The van der Waals surface area contributed by atoms with E-state index in [1.54, 1.807) is 20.8 Å². The molecule has 8 nitrogen and oxygen atoms in total. The number of nitrogens with one attached hydrogen (secondary N) is 3. The predicted octanol–water partition coefficient (Wildman–Crippen LogP) is -0.523. The van der Waals surface area contributed by atoms with Gasteiger partial charge in [0.15, 0.2) is 0 Å². The van der Waals surface area contributed by atoms with Gasteiger partial charge >= 0.3 is 12.0 Å². The summed E-state index contributed by atoms with van der Waals surface area (Å²) < 4.78 is 24.5. The second-order valence-electron chi connectivity index (χ2n) is 4.88. The SMILES string of the molecule is CCC(NC(=O)NCC(C)(C)NS(C)(=O)=O)C(=O)O. The summed E-state index contributed by atoms with van der Waals surface area (Å²) in [6.45, 7) is 4.86. The maximum Gasteiger partial charge on any atom is 0.326 e. The molecule has 0 aromatic heterocycles. The van der Waals surface area contributed by atoms with Crippen LogP contribution in [0.1, 0.15) is 27.2 Å². The summed E-state index contributed by atoms with van der Waals surface area (Å²) in [6.07, 6.45) is 1.28. The van der Waals surface area contributed by atoms with Crippen LogP contribution in [0, 0.1) is 0 Å². The number of carboxylic acids is 1. The molecule has 0 aromatic carbocycles. The van der Waals surface area contributed by atoms with Crippen molar-refractivity contribution in [1.29, 1.82) is 0 Å². The second kappa shape index (κ2) is 6.71. The van der Waals surface area contributed by atoms with Crippen LogP contribution in [0.4, 0.5) is 4.79 Å². The molecular formula is C10H21N3O5S. The third-order valence-electron chi connectivity index (χ3n) is 2.16. The zero-order valence-electron chi connectivity index (χ0n) is 11.5. The number of amides is 2. The zero-order valence-corrected chi connectivity index (χ0v) is 12.3. The van der Waals surface area contributed by atoms with Crippen molar-refractivity contribution in [2.45, 2.75) is 38.8 Å². The van der Waals surface area contributed by atoms with Gasteiger partial charge in [0.2, 0.25) is 10.0 Å². The van der Waals surface area contributed by atoms with Crippen LogP contribution in [0.5, 0.6) is 0 Å². The smallest absolute Gasteiger partial charge is 0.326 e. The third-order valence-corrected chi connectivity index (χ3v) is 3.09. The Labute approximate surface area is 113 Å². The molecule has 2 amide bonds. The van der Waals surface area contributed by atoms with Gasteiger partial charge in [-0.2, -0.15) is 0 Å². The molecule has 1 unspecified atom stereocenters. The van der Waals surface area contributed by atoms with Crippen LogP contribution >= 0.6 is 0 Å². The Morgan fingerprint density at radius 1 is 1.32 bits per heavy atom. The molecule has 0 fully saturated rings. The summed E-state index contributed by atoms with van der Waals surface area (Å²) in [5.41, 5.74) is -0.865. The van der Waals surface area contributed by atoms with Crippen LogP contribution in [0.2, 0.25) is 0 Å². The first-order chi connectivity index (χ1) is 8.47. The van der Waals surface area contributed by atoms with E-state index in [4.69, 9.17) is 5.11 Å². The highest BCUT2D eigenvalue weighted by Crippen LogP contribution is 2.01. The Morgan fingerprint density at radius 2 is 1.84 bits per heavy atom. The average Bonchev–Trinajstić information content (AvgIpc) is 2.19. The van der Waals surface area contributed by atoms with E-state index in [0.29, 0.717) is 0 Å². The first-order valence-corrected chi connectivity index (χ1v) is 7.62. The molecule has 1 atom stereocenters. The van der Waals surface area contributed by atoms with Crippen molar-refractivity contribution in [3.8, 4) is 0 Å². The molecule has 4 N–H and O–H groups in total. The van der Waals surface area contributed by atoms with Crippen LogP contribution in [0.3, 0.4) is 0 Å².